The molecule has 0 bridgehead atoms. The van der Waals surface area contributed by atoms with Gasteiger partial charge in [-0.1, -0.05) is 59.7 Å². The van der Waals surface area contributed by atoms with Gasteiger partial charge < -0.3 is 20.3 Å². The molecule has 3 aromatic rings. The quantitative estimate of drug-likeness (QED) is 0.628. The van der Waals surface area contributed by atoms with E-state index in [-0.39, 0.29) is 0 Å². The normalized spacial score (nSPS) is 6.57. The number of aromatic nitrogens is 7. The van der Waals surface area contributed by atoms with Crippen LogP contribution >= 0.6 is 0 Å². The molecule has 0 aromatic carbocycles. The molecule has 3 rings (SSSR count). The molecule has 0 saturated heterocycles. The Morgan fingerprint density at radius 2 is 1.33 bits per heavy atom. The Morgan fingerprint density at radius 3 is 1.48 bits per heavy atom. The lowest BCUT2D eigenvalue weighted by atomic mass is 10.7. The van der Waals surface area contributed by atoms with E-state index in [0.29, 0.717) is 0 Å². The molecule has 0 N–H and O–H groups in total. The van der Waals surface area contributed by atoms with Gasteiger partial charge in [-0.3, -0.25) is 10.3 Å². The molecule has 0 fully saturated rings. The summed E-state index contributed by atoms with van der Waals surface area (Å²) in [6, 6.07) is 5.56. The molecule has 0 unspecified atom stereocenters. The third-order valence-corrected chi connectivity index (χ3v) is 1.07. The van der Waals surface area contributed by atoms with Gasteiger partial charge in [-0.05, 0) is 6.33 Å². The summed E-state index contributed by atoms with van der Waals surface area (Å²) >= 11 is 0. The van der Waals surface area contributed by atoms with Crippen molar-refractivity contribution >= 4 is 0 Å². The second-order valence-corrected chi connectivity index (χ2v) is 2.08. The molecule has 3 aromatic heterocycles. The second kappa shape index (κ2) is 30.5. The van der Waals surface area contributed by atoms with E-state index >= 15 is 0 Å². The van der Waals surface area contributed by atoms with Gasteiger partial charge in [0.1, 0.15) is 0 Å². The van der Waals surface area contributed by atoms with E-state index in [9.17, 15) is 0 Å². The van der Waals surface area contributed by atoms with Crippen LogP contribution in [0.5, 0.6) is 0 Å². The molecule has 0 radical (unpaired) electrons. The fourth-order valence-corrected chi connectivity index (χ4v) is 0.556. The maximum absolute atomic E-state index is 3.72. The largest absolute Gasteiger partial charge is 0.670 e. The molecular formula is C14H26N7-3. The Kier molecular flexibility index (Phi) is 34.4. The first-order valence-corrected chi connectivity index (χ1v) is 7.02. The van der Waals surface area contributed by atoms with E-state index in [4.69, 9.17) is 0 Å². The molecule has 7 heteroatoms. The van der Waals surface area contributed by atoms with E-state index in [1.807, 2.05) is 53.7 Å². The van der Waals surface area contributed by atoms with Crippen molar-refractivity contribution in [3.8, 4) is 0 Å². The first kappa shape index (κ1) is 23.6. The average molecular weight is 292 g/mol. The van der Waals surface area contributed by atoms with Crippen molar-refractivity contribution in [1.82, 2.24) is 35.8 Å². The van der Waals surface area contributed by atoms with E-state index < -0.39 is 0 Å². The fourth-order valence-electron chi connectivity index (χ4n) is 0.556. The number of hydrogen-bond donors (Lipinski definition) is 0. The number of tetrazole rings is 1. The summed E-state index contributed by atoms with van der Waals surface area (Å²) in [6.07, 6.45) is 8.06. The zero-order chi connectivity index (χ0) is 16.6. The monoisotopic (exact) mass is 292 g/mol. The molecule has 21 heavy (non-hydrogen) atoms. The second-order valence-electron chi connectivity index (χ2n) is 2.08. The van der Waals surface area contributed by atoms with Crippen molar-refractivity contribution in [1.29, 1.82) is 0 Å². The van der Waals surface area contributed by atoms with Crippen LogP contribution < -0.4 is 15.2 Å². The van der Waals surface area contributed by atoms with Crippen LogP contribution in [-0.2, 0) is 0 Å². The standard InChI is InChI=1S/C4H4N.C3H3N2.3C2H6.CHN4/c2*1-2-4-5-3-1;3*1-2;1-2-4-5-3-1/h1-4H;1-3H;3*1-2H3;1H/q2*-1;;;;-1. The highest BCUT2D eigenvalue weighted by Crippen LogP contribution is 1.70. The van der Waals surface area contributed by atoms with Crippen molar-refractivity contribution in [2.24, 2.45) is 0 Å². The van der Waals surface area contributed by atoms with Crippen LogP contribution in [0.25, 0.3) is 0 Å². The lowest BCUT2D eigenvalue weighted by molar-refractivity contribution is 0.871. The highest BCUT2D eigenvalue weighted by molar-refractivity contribution is 4.84. The topological polar surface area (TPSA) is 93.9 Å². The first-order valence-electron chi connectivity index (χ1n) is 7.02. The lowest BCUT2D eigenvalue weighted by Crippen LogP contribution is -1.67. The Labute approximate surface area is 127 Å². The summed E-state index contributed by atoms with van der Waals surface area (Å²) in [6.45, 7) is 12.0. The fraction of sp³-hybridized carbons (Fsp3) is 0.429. The minimum absolute atomic E-state index is 1.28. The highest BCUT2D eigenvalue weighted by Gasteiger charge is 1.44. The van der Waals surface area contributed by atoms with Crippen LogP contribution in [-0.4, -0.2) is 20.6 Å². The molecule has 0 aliphatic carbocycles. The number of nitrogens with zero attached hydrogens (tertiary/aromatic N) is 7. The molecule has 7 nitrogen and oxygen atoms in total. The molecule has 120 valence electrons. The van der Waals surface area contributed by atoms with E-state index in [0.717, 1.165) is 0 Å². The van der Waals surface area contributed by atoms with Gasteiger partial charge in [0, 0.05) is 6.20 Å². The molecule has 0 saturated carbocycles. The summed E-state index contributed by atoms with van der Waals surface area (Å²) in [5.41, 5.74) is 0. The maximum atomic E-state index is 3.72. The van der Waals surface area contributed by atoms with E-state index in [2.05, 4.69) is 35.8 Å². The van der Waals surface area contributed by atoms with Crippen molar-refractivity contribution < 1.29 is 0 Å². The number of rotatable bonds is 0. The summed E-state index contributed by atoms with van der Waals surface area (Å²) in [7, 11) is 0. The van der Waals surface area contributed by atoms with Crippen molar-refractivity contribution in [3.05, 3.63) is 49.3 Å². The molecule has 0 amide bonds. The molecular weight excluding hydrogens is 266 g/mol. The van der Waals surface area contributed by atoms with Crippen LogP contribution in [0, 0.1) is 0 Å². The summed E-state index contributed by atoms with van der Waals surface area (Å²) in [5, 5.41) is 19.7. The van der Waals surface area contributed by atoms with Crippen LogP contribution in [0.15, 0.2) is 49.3 Å². The zero-order valence-corrected chi connectivity index (χ0v) is 13.7. The highest BCUT2D eigenvalue weighted by atomic mass is 15.5. The smallest absolute Gasteiger partial charge is 0.00194 e. The Balaban J connectivity index is -0.000000197. The molecule has 0 aliphatic heterocycles. The summed E-state index contributed by atoms with van der Waals surface area (Å²) in [4.78, 5) is 3.72. The molecule has 0 spiro atoms. The van der Waals surface area contributed by atoms with Crippen molar-refractivity contribution in [2.75, 3.05) is 0 Å². The van der Waals surface area contributed by atoms with Crippen LogP contribution in [0.4, 0.5) is 0 Å². The molecule has 0 aliphatic rings. The van der Waals surface area contributed by atoms with Gasteiger partial charge in [0.05, 0.1) is 0 Å². The van der Waals surface area contributed by atoms with Crippen LogP contribution in [0.2, 0.25) is 0 Å². The van der Waals surface area contributed by atoms with Gasteiger partial charge in [-0.2, -0.15) is 23.8 Å². The SMILES string of the molecule is CC.CC.CC.c1cc[n-]c1.c1cn[n-]c1.c1nnn[n-]1. The van der Waals surface area contributed by atoms with Gasteiger partial charge in [0.15, 0.2) is 0 Å². The predicted molar refractivity (Wildman–Crippen MR) is 84.5 cm³/mol. The van der Waals surface area contributed by atoms with Gasteiger partial charge in [-0.25, -0.2) is 0 Å². The first-order chi connectivity index (χ1) is 10.5. The van der Waals surface area contributed by atoms with Gasteiger partial charge in [-0.15, -0.1) is 0 Å². The zero-order valence-electron chi connectivity index (χ0n) is 13.7. The van der Waals surface area contributed by atoms with Gasteiger partial charge in [0.2, 0.25) is 0 Å². The van der Waals surface area contributed by atoms with Gasteiger partial charge >= 0.3 is 0 Å². The van der Waals surface area contributed by atoms with E-state index in [1.54, 1.807) is 30.9 Å². The van der Waals surface area contributed by atoms with Crippen molar-refractivity contribution in [2.45, 2.75) is 41.5 Å². The summed E-state index contributed by atoms with van der Waals surface area (Å²) < 4.78 is 0. The molecule has 0 atom stereocenters. The minimum atomic E-state index is 1.28. The predicted octanol–water partition coefficient (Wildman–Crippen LogP) is 2.59. The van der Waals surface area contributed by atoms with E-state index in [1.165, 1.54) is 6.33 Å². The molecule has 3 heterocycles. The average Bonchev–Trinajstić information content (AvgIpc) is 3.41. The van der Waals surface area contributed by atoms with Crippen LogP contribution in [0.1, 0.15) is 41.5 Å². The Morgan fingerprint density at radius 1 is 0.714 bits per heavy atom. The Hall–Kier alpha value is -2.44. The van der Waals surface area contributed by atoms with Crippen LogP contribution in [0.3, 0.4) is 0 Å². The lowest BCUT2D eigenvalue weighted by Gasteiger charge is -1.72. The Bertz CT molecular complexity index is 251. The minimum Gasteiger partial charge on any atom is -0.670 e. The summed E-state index contributed by atoms with van der Waals surface area (Å²) in [5.74, 6) is 0. The third-order valence-electron chi connectivity index (χ3n) is 1.07. The maximum Gasteiger partial charge on any atom is 0.00194 e. The third kappa shape index (κ3) is 27.0. The van der Waals surface area contributed by atoms with Crippen molar-refractivity contribution in [3.63, 3.8) is 0 Å². The number of hydrogen-bond acceptors (Lipinski definition) is 4. The van der Waals surface area contributed by atoms with Gasteiger partial charge in [0.25, 0.3) is 0 Å².